The van der Waals surface area contributed by atoms with Crippen LogP contribution in [0.15, 0.2) is 12.1 Å². The maximum atomic E-state index is 10.0. The normalized spacial score (nSPS) is 13.8. The number of aliphatic hydroxyl groups excluding tert-OH is 1. The van der Waals surface area contributed by atoms with Crippen LogP contribution in [0.1, 0.15) is 32.4 Å². The van der Waals surface area contributed by atoms with E-state index in [-0.39, 0.29) is 5.54 Å². The highest BCUT2D eigenvalue weighted by Gasteiger charge is 2.18. The molecule has 5 N–H and O–H groups in total. The van der Waals surface area contributed by atoms with E-state index in [2.05, 4.69) is 26.1 Å². The van der Waals surface area contributed by atoms with Crippen molar-refractivity contribution in [3.63, 3.8) is 0 Å². The summed E-state index contributed by atoms with van der Waals surface area (Å²) in [4.78, 5) is 0. The minimum absolute atomic E-state index is 0.0718. The lowest BCUT2D eigenvalue weighted by atomic mass is 10.1. The number of anilines is 1. The van der Waals surface area contributed by atoms with E-state index < -0.39 is 6.10 Å². The molecule has 0 unspecified atom stereocenters. The van der Waals surface area contributed by atoms with Crippen LogP contribution in [0.3, 0.4) is 0 Å². The Kier molecular flexibility index (Phi) is 4.67. The second kappa shape index (κ2) is 5.44. The minimum atomic E-state index is -0.607. The fraction of sp³-hybridized carbons (Fsp3) is 0.500. The lowest BCUT2D eigenvalue weighted by Crippen LogP contribution is -2.95. The number of hydrogen-bond acceptors (Lipinski definition) is 2. The van der Waals surface area contributed by atoms with Crippen molar-refractivity contribution < 1.29 is 10.4 Å². The van der Waals surface area contributed by atoms with Crippen molar-refractivity contribution in [2.24, 2.45) is 0 Å². The van der Waals surface area contributed by atoms with E-state index in [0.717, 1.165) is 0 Å². The summed E-state index contributed by atoms with van der Waals surface area (Å²) in [6.45, 7) is 6.81. The number of rotatable bonds is 3. The van der Waals surface area contributed by atoms with Crippen molar-refractivity contribution in [1.82, 2.24) is 0 Å². The first kappa shape index (κ1) is 14.6. The number of halogens is 2. The Morgan fingerprint density at radius 2 is 1.76 bits per heavy atom. The van der Waals surface area contributed by atoms with Gasteiger partial charge in [0.2, 0.25) is 0 Å². The van der Waals surface area contributed by atoms with Gasteiger partial charge in [-0.15, -0.1) is 0 Å². The molecule has 0 saturated heterocycles. The zero-order valence-corrected chi connectivity index (χ0v) is 11.8. The third-order valence-corrected chi connectivity index (χ3v) is 3.07. The van der Waals surface area contributed by atoms with Crippen LogP contribution in [0.2, 0.25) is 10.0 Å². The molecule has 1 atom stereocenters. The first-order chi connectivity index (χ1) is 7.70. The molecular weight excluding hydrogens is 259 g/mol. The molecule has 0 spiro atoms. The molecule has 0 aliphatic heterocycles. The maximum Gasteiger partial charge on any atom is 0.128 e. The third-order valence-electron chi connectivity index (χ3n) is 2.44. The Hall–Kier alpha value is -0.480. The van der Waals surface area contributed by atoms with Crippen LogP contribution in [0.5, 0.6) is 0 Å². The largest absolute Gasteiger partial charge is 0.396 e. The number of hydrogen-bond donors (Lipinski definition) is 3. The first-order valence-corrected chi connectivity index (χ1v) is 6.23. The van der Waals surface area contributed by atoms with Gasteiger partial charge < -0.3 is 16.2 Å². The fourth-order valence-corrected chi connectivity index (χ4v) is 1.90. The van der Waals surface area contributed by atoms with E-state index in [9.17, 15) is 5.11 Å². The zero-order chi connectivity index (χ0) is 13.2. The summed E-state index contributed by atoms with van der Waals surface area (Å²) in [7, 11) is 0. The molecule has 0 aromatic heterocycles. The quantitative estimate of drug-likeness (QED) is 0.740. The van der Waals surface area contributed by atoms with Crippen molar-refractivity contribution in [2.75, 3.05) is 12.3 Å². The summed E-state index contributed by atoms with van der Waals surface area (Å²) in [5.74, 6) is 0. The molecule has 1 aromatic rings. The van der Waals surface area contributed by atoms with Gasteiger partial charge in [0.1, 0.15) is 12.6 Å². The summed E-state index contributed by atoms with van der Waals surface area (Å²) in [6.07, 6.45) is -0.607. The van der Waals surface area contributed by atoms with Crippen molar-refractivity contribution in [3.05, 3.63) is 27.7 Å². The van der Waals surface area contributed by atoms with E-state index in [4.69, 9.17) is 28.9 Å². The summed E-state index contributed by atoms with van der Waals surface area (Å²) in [5, 5.41) is 12.9. The molecule has 1 rings (SSSR count). The highest BCUT2D eigenvalue weighted by atomic mass is 35.5. The Bertz CT molecular complexity index is 379. The van der Waals surface area contributed by atoms with Crippen molar-refractivity contribution in [3.8, 4) is 0 Å². The number of aliphatic hydroxyl groups is 1. The Morgan fingerprint density at radius 3 is 2.18 bits per heavy atom. The highest BCUT2D eigenvalue weighted by molar-refractivity contribution is 6.38. The lowest BCUT2D eigenvalue weighted by molar-refractivity contribution is -0.722. The second-order valence-corrected chi connectivity index (χ2v) is 6.03. The molecule has 17 heavy (non-hydrogen) atoms. The number of nitrogen functional groups attached to an aromatic ring is 1. The van der Waals surface area contributed by atoms with Gasteiger partial charge in [-0.05, 0) is 38.5 Å². The summed E-state index contributed by atoms with van der Waals surface area (Å²) < 4.78 is 0. The molecule has 0 fully saturated rings. The van der Waals surface area contributed by atoms with Gasteiger partial charge in [0, 0.05) is 0 Å². The highest BCUT2D eigenvalue weighted by Crippen LogP contribution is 2.30. The monoisotopic (exact) mass is 277 g/mol. The summed E-state index contributed by atoms with van der Waals surface area (Å²) in [5.41, 5.74) is 6.75. The summed E-state index contributed by atoms with van der Waals surface area (Å²) >= 11 is 11.8. The van der Waals surface area contributed by atoms with Crippen LogP contribution in [-0.2, 0) is 0 Å². The zero-order valence-electron chi connectivity index (χ0n) is 10.3. The average molecular weight is 278 g/mol. The Balaban J connectivity index is 2.79. The molecule has 0 bridgehead atoms. The predicted molar refractivity (Wildman–Crippen MR) is 72.4 cm³/mol. The molecule has 0 aliphatic rings. The molecule has 1 aromatic carbocycles. The van der Waals surface area contributed by atoms with Gasteiger partial charge in [-0.3, -0.25) is 0 Å². The Morgan fingerprint density at radius 1 is 1.29 bits per heavy atom. The molecule has 96 valence electrons. The Labute approximate surface area is 112 Å². The van der Waals surface area contributed by atoms with Crippen LogP contribution in [0.25, 0.3) is 0 Å². The summed E-state index contributed by atoms with van der Waals surface area (Å²) in [6, 6.07) is 3.31. The number of quaternary nitrogens is 1. The SMILES string of the molecule is CC(C)(C)[NH2+]C[C@@H](O)c1cc(Cl)c(N)c(Cl)c1. The van der Waals surface area contributed by atoms with Crippen molar-refractivity contribution in [1.29, 1.82) is 0 Å². The van der Waals surface area contributed by atoms with E-state index in [0.29, 0.717) is 27.8 Å². The van der Waals surface area contributed by atoms with Crippen molar-refractivity contribution >= 4 is 28.9 Å². The minimum Gasteiger partial charge on any atom is -0.396 e. The number of nitrogens with two attached hydrogens (primary N) is 2. The molecule has 0 radical (unpaired) electrons. The van der Waals surface area contributed by atoms with E-state index in [1.165, 1.54) is 0 Å². The van der Waals surface area contributed by atoms with E-state index in [1.54, 1.807) is 12.1 Å². The van der Waals surface area contributed by atoms with Crippen molar-refractivity contribution in [2.45, 2.75) is 32.4 Å². The second-order valence-electron chi connectivity index (χ2n) is 5.22. The fourth-order valence-electron chi connectivity index (χ4n) is 1.40. The molecule has 5 heteroatoms. The van der Waals surface area contributed by atoms with Crippen LogP contribution >= 0.6 is 23.2 Å². The molecular formula is C12H19Cl2N2O+. The van der Waals surface area contributed by atoms with Gasteiger partial charge in [-0.2, -0.15) is 0 Å². The maximum absolute atomic E-state index is 10.0. The predicted octanol–water partition coefficient (Wildman–Crippen LogP) is 1.97. The van der Waals surface area contributed by atoms with Gasteiger partial charge in [0.05, 0.1) is 21.3 Å². The van der Waals surface area contributed by atoms with Gasteiger partial charge in [-0.1, -0.05) is 23.2 Å². The molecule has 0 amide bonds. The van der Waals surface area contributed by atoms with Crippen LogP contribution < -0.4 is 11.1 Å². The lowest BCUT2D eigenvalue weighted by Gasteiger charge is -2.20. The topological polar surface area (TPSA) is 62.9 Å². The van der Waals surface area contributed by atoms with Crippen LogP contribution in [-0.4, -0.2) is 17.2 Å². The van der Waals surface area contributed by atoms with Gasteiger partial charge >= 0.3 is 0 Å². The van der Waals surface area contributed by atoms with Crippen LogP contribution in [0.4, 0.5) is 5.69 Å². The molecule has 0 saturated carbocycles. The van der Waals surface area contributed by atoms with Gasteiger partial charge in [0.15, 0.2) is 0 Å². The molecule has 3 nitrogen and oxygen atoms in total. The van der Waals surface area contributed by atoms with E-state index in [1.807, 2.05) is 0 Å². The third kappa shape index (κ3) is 4.36. The number of benzene rings is 1. The first-order valence-electron chi connectivity index (χ1n) is 5.47. The standard InChI is InChI=1S/C12H18Cl2N2O/c1-12(2,3)16-6-10(17)7-4-8(13)11(15)9(14)5-7/h4-5,10,16-17H,6,15H2,1-3H3/p+1/t10-/m1/s1. The molecule has 0 heterocycles. The smallest absolute Gasteiger partial charge is 0.128 e. The molecule has 0 aliphatic carbocycles. The van der Waals surface area contributed by atoms with Crippen LogP contribution in [0, 0.1) is 0 Å². The van der Waals surface area contributed by atoms with Gasteiger partial charge in [0.25, 0.3) is 0 Å². The average Bonchev–Trinajstić information content (AvgIpc) is 2.20. The van der Waals surface area contributed by atoms with Gasteiger partial charge in [-0.25, -0.2) is 0 Å². The van der Waals surface area contributed by atoms with E-state index >= 15 is 0 Å².